The fraction of sp³-hybridized carbons (Fsp3) is 0.160. The highest BCUT2D eigenvalue weighted by Gasteiger charge is 2.29. The number of methoxy groups -OCH3 is 1. The maximum Gasteiger partial charge on any atom is 0.416 e. The Morgan fingerprint density at radius 3 is 1.97 bits per heavy atom. The average molecular weight is 426 g/mol. The maximum absolute atomic E-state index is 12.7. The van der Waals surface area contributed by atoms with Gasteiger partial charge < -0.3 is 9.47 Å². The molecule has 0 amide bonds. The molecule has 3 rings (SSSR count). The molecule has 0 saturated carbocycles. The first kappa shape index (κ1) is 22.2. The van der Waals surface area contributed by atoms with Crippen LogP contribution in [0.4, 0.5) is 13.2 Å². The summed E-state index contributed by atoms with van der Waals surface area (Å²) < 4.78 is 48.1. The third-order valence-corrected chi connectivity index (χ3v) is 4.70. The van der Waals surface area contributed by atoms with E-state index in [4.69, 9.17) is 4.74 Å². The standard InChI is InChI=1S/C25H21F3O3/c1-17-15-19(7-14-23(17)31-16-24(29)30-2)4-3-18-5-8-20(9-6-18)21-10-12-22(13-11-21)25(26,27)28/h3-15H,16H2,1-2H3. The molecule has 0 aliphatic heterocycles. The summed E-state index contributed by atoms with van der Waals surface area (Å²) in [5.74, 6) is 0.173. The summed E-state index contributed by atoms with van der Waals surface area (Å²) in [6.45, 7) is 1.75. The highest BCUT2D eigenvalue weighted by molar-refractivity contribution is 5.73. The van der Waals surface area contributed by atoms with Gasteiger partial charge in [0.1, 0.15) is 5.75 Å². The van der Waals surface area contributed by atoms with Gasteiger partial charge in [-0.3, -0.25) is 0 Å². The van der Waals surface area contributed by atoms with Crippen molar-refractivity contribution >= 4 is 18.1 Å². The van der Waals surface area contributed by atoms with Gasteiger partial charge >= 0.3 is 12.1 Å². The number of hydrogen-bond acceptors (Lipinski definition) is 3. The van der Waals surface area contributed by atoms with E-state index in [-0.39, 0.29) is 6.61 Å². The minimum Gasteiger partial charge on any atom is -0.482 e. The minimum atomic E-state index is -4.34. The second-order valence-electron chi connectivity index (χ2n) is 6.92. The van der Waals surface area contributed by atoms with Crippen molar-refractivity contribution in [3.05, 3.63) is 89.0 Å². The minimum absolute atomic E-state index is 0.141. The highest BCUT2D eigenvalue weighted by Crippen LogP contribution is 2.31. The van der Waals surface area contributed by atoms with Crippen LogP contribution in [0, 0.1) is 6.92 Å². The Balaban J connectivity index is 1.67. The van der Waals surface area contributed by atoms with Gasteiger partial charge in [-0.15, -0.1) is 0 Å². The lowest BCUT2D eigenvalue weighted by molar-refractivity contribution is -0.143. The number of hydrogen-bond donors (Lipinski definition) is 0. The molecular formula is C25H21F3O3. The molecule has 0 aliphatic carbocycles. The quantitative estimate of drug-likeness (QED) is 0.338. The number of alkyl halides is 3. The van der Waals surface area contributed by atoms with Crippen molar-refractivity contribution in [2.24, 2.45) is 0 Å². The molecule has 0 aromatic heterocycles. The Labute approximate surface area is 178 Å². The SMILES string of the molecule is COC(=O)COc1ccc(C=Cc2ccc(-c3ccc(C(F)(F)F)cc3)cc2)cc1C. The monoisotopic (exact) mass is 426 g/mol. The second kappa shape index (κ2) is 9.51. The molecule has 3 aromatic carbocycles. The molecule has 31 heavy (non-hydrogen) atoms. The summed E-state index contributed by atoms with van der Waals surface area (Å²) >= 11 is 0. The zero-order valence-electron chi connectivity index (χ0n) is 17.1. The van der Waals surface area contributed by atoms with Gasteiger partial charge in [-0.2, -0.15) is 13.2 Å². The Hall–Kier alpha value is -3.54. The Morgan fingerprint density at radius 1 is 0.871 bits per heavy atom. The topological polar surface area (TPSA) is 35.5 Å². The van der Waals surface area contributed by atoms with Crippen LogP contribution in [0.15, 0.2) is 66.7 Å². The van der Waals surface area contributed by atoms with E-state index in [0.29, 0.717) is 5.75 Å². The van der Waals surface area contributed by atoms with Crippen LogP contribution in [-0.4, -0.2) is 19.7 Å². The molecule has 3 aromatic rings. The van der Waals surface area contributed by atoms with Gasteiger partial charge in [0.15, 0.2) is 6.61 Å². The predicted octanol–water partition coefficient (Wildman–Crippen LogP) is 6.40. The fourth-order valence-electron chi connectivity index (χ4n) is 2.96. The first-order valence-electron chi connectivity index (χ1n) is 9.52. The number of aryl methyl sites for hydroxylation is 1. The van der Waals surface area contributed by atoms with Crippen molar-refractivity contribution in [3.8, 4) is 16.9 Å². The van der Waals surface area contributed by atoms with Gasteiger partial charge in [0, 0.05) is 0 Å². The van der Waals surface area contributed by atoms with Crippen LogP contribution in [0.5, 0.6) is 5.75 Å². The summed E-state index contributed by atoms with van der Waals surface area (Å²) in [6.07, 6.45) is -0.443. The number of halogens is 3. The molecule has 0 heterocycles. The molecule has 0 saturated heterocycles. The van der Waals surface area contributed by atoms with E-state index in [2.05, 4.69) is 4.74 Å². The number of carbonyl (C=O) groups is 1. The van der Waals surface area contributed by atoms with Crippen LogP contribution < -0.4 is 4.74 Å². The molecule has 3 nitrogen and oxygen atoms in total. The molecular weight excluding hydrogens is 405 g/mol. The van der Waals surface area contributed by atoms with E-state index in [9.17, 15) is 18.0 Å². The van der Waals surface area contributed by atoms with Crippen LogP contribution in [0.1, 0.15) is 22.3 Å². The lowest BCUT2D eigenvalue weighted by Gasteiger charge is -2.09. The van der Waals surface area contributed by atoms with Crippen molar-refractivity contribution in [3.63, 3.8) is 0 Å². The molecule has 0 spiro atoms. The first-order valence-corrected chi connectivity index (χ1v) is 9.52. The van der Waals surface area contributed by atoms with Crippen molar-refractivity contribution in [2.75, 3.05) is 13.7 Å². The number of benzene rings is 3. The summed E-state index contributed by atoms with van der Waals surface area (Å²) in [4.78, 5) is 11.2. The number of esters is 1. The molecule has 0 atom stereocenters. The molecule has 0 N–H and O–H groups in total. The number of ether oxygens (including phenoxy) is 2. The highest BCUT2D eigenvalue weighted by atomic mass is 19.4. The largest absolute Gasteiger partial charge is 0.482 e. The van der Waals surface area contributed by atoms with Crippen molar-refractivity contribution in [1.29, 1.82) is 0 Å². The third-order valence-electron chi connectivity index (χ3n) is 4.70. The maximum atomic E-state index is 12.7. The van der Waals surface area contributed by atoms with E-state index in [1.54, 1.807) is 6.07 Å². The van der Waals surface area contributed by atoms with E-state index in [1.165, 1.54) is 19.2 Å². The molecule has 0 unspecified atom stereocenters. The van der Waals surface area contributed by atoms with Gasteiger partial charge in [0.25, 0.3) is 0 Å². The van der Waals surface area contributed by atoms with Crippen LogP contribution in [0.2, 0.25) is 0 Å². The molecule has 160 valence electrons. The summed E-state index contributed by atoms with van der Waals surface area (Å²) in [5, 5.41) is 0. The zero-order chi connectivity index (χ0) is 22.4. The van der Waals surface area contributed by atoms with Crippen molar-refractivity contribution in [2.45, 2.75) is 13.1 Å². The summed E-state index contributed by atoms with van der Waals surface area (Å²) in [5.41, 5.74) is 3.72. The van der Waals surface area contributed by atoms with Gasteiger partial charge in [-0.1, -0.05) is 54.6 Å². The van der Waals surface area contributed by atoms with Crippen molar-refractivity contribution in [1.82, 2.24) is 0 Å². The van der Waals surface area contributed by atoms with Crippen LogP contribution in [0.3, 0.4) is 0 Å². The smallest absolute Gasteiger partial charge is 0.416 e. The first-order chi connectivity index (χ1) is 14.8. The Morgan fingerprint density at radius 2 is 1.42 bits per heavy atom. The Kier molecular flexibility index (Phi) is 6.80. The lowest BCUT2D eigenvalue weighted by atomic mass is 10.0. The molecule has 0 bridgehead atoms. The van der Waals surface area contributed by atoms with Crippen molar-refractivity contribution < 1.29 is 27.4 Å². The van der Waals surface area contributed by atoms with E-state index in [1.807, 2.05) is 55.5 Å². The molecule has 0 aliphatic rings. The van der Waals surface area contributed by atoms with Gasteiger partial charge in [0.05, 0.1) is 12.7 Å². The zero-order valence-corrected chi connectivity index (χ0v) is 17.1. The van der Waals surface area contributed by atoms with E-state index < -0.39 is 17.7 Å². The fourth-order valence-corrected chi connectivity index (χ4v) is 2.96. The Bertz CT molecular complexity index is 1070. The van der Waals surface area contributed by atoms with Gasteiger partial charge in [-0.05, 0) is 59.0 Å². The third kappa shape index (κ3) is 5.98. The van der Waals surface area contributed by atoms with Crippen LogP contribution >= 0.6 is 0 Å². The number of carbonyl (C=O) groups excluding carboxylic acids is 1. The van der Waals surface area contributed by atoms with Gasteiger partial charge in [0.2, 0.25) is 0 Å². The van der Waals surface area contributed by atoms with Crippen LogP contribution in [0.25, 0.3) is 23.3 Å². The molecule has 0 radical (unpaired) electrons. The van der Waals surface area contributed by atoms with E-state index >= 15 is 0 Å². The van der Waals surface area contributed by atoms with Gasteiger partial charge in [-0.25, -0.2) is 4.79 Å². The second-order valence-corrected chi connectivity index (χ2v) is 6.92. The lowest BCUT2D eigenvalue weighted by Crippen LogP contribution is -2.12. The molecule has 0 fully saturated rings. The summed E-state index contributed by atoms with van der Waals surface area (Å²) in [6, 6.07) is 18.3. The molecule has 6 heteroatoms. The van der Waals surface area contributed by atoms with E-state index in [0.717, 1.165) is 39.9 Å². The average Bonchev–Trinajstić information content (AvgIpc) is 2.76. The summed E-state index contributed by atoms with van der Waals surface area (Å²) in [7, 11) is 1.31. The predicted molar refractivity (Wildman–Crippen MR) is 114 cm³/mol. The number of rotatable bonds is 6. The van der Waals surface area contributed by atoms with Crippen LogP contribution in [-0.2, 0) is 15.7 Å². The normalized spacial score (nSPS) is 11.5.